The highest BCUT2D eigenvalue weighted by atomic mass is 35.5. The lowest BCUT2D eigenvalue weighted by molar-refractivity contribution is -0.122. The number of amides is 3. The third kappa shape index (κ3) is 3.07. The molecule has 0 spiro atoms. The molecule has 2 fully saturated rings. The Morgan fingerprint density at radius 2 is 1.91 bits per heavy atom. The van der Waals surface area contributed by atoms with Crippen LogP contribution in [0.25, 0.3) is 0 Å². The molecule has 1 N–H and O–H groups in total. The smallest absolute Gasteiger partial charge is 0.310 e. The molecule has 1 aromatic rings. The van der Waals surface area contributed by atoms with Gasteiger partial charge in [0, 0.05) is 29.7 Å². The molecule has 7 heteroatoms. The van der Waals surface area contributed by atoms with Crippen LogP contribution in [0.1, 0.15) is 12.0 Å². The molecule has 118 valence electrons. The van der Waals surface area contributed by atoms with E-state index in [1.165, 1.54) is 0 Å². The number of piperazine rings is 1. The summed E-state index contributed by atoms with van der Waals surface area (Å²) < 4.78 is 0. The fourth-order valence-corrected chi connectivity index (χ4v) is 3.61. The highest BCUT2D eigenvalue weighted by Gasteiger charge is 2.41. The number of hydrogen-bond donors (Lipinski definition) is 1. The fourth-order valence-electron chi connectivity index (χ4n) is 3.02. The van der Waals surface area contributed by atoms with E-state index in [0.29, 0.717) is 23.1 Å². The van der Waals surface area contributed by atoms with E-state index in [2.05, 4.69) is 10.2 Å². The van der Waals surface area contributed by atoms with Gasteiger partial charge < -0.3 is 4.90 Å². The summed E-state index contributed by atoms with van der Waals surface area (Å²) in [4.78, 5) is 27.1. The van der Waals surface area contributed by atoms with Gasteiger partial charge in [-0.15, -0.1) is 0 Å². The zero-order valence-corrected chi connectivity index (χ0v) is 13.5. The van der Waals surface area contributed by atoms with Gasteiger partial charge in [0.25, 0.3) is 5.91 Å². The van der Waals surface area contributed by atoms with Crippen LogP contribution in [-0.4, -0.2) is 54.0 Å². The van der Waals surface area contributed by atoms with Crippen LogP contribution in [0.15, 0.2) is 18.2 Å². The monoisotopic (exact) mass is 341 g/mol. The highest BCUT2D eigenvalue weighted by molar-refractivity contribution is 6.35. The Hall–Kier alpha value is -1.30. The molecule has 1 unspecified atom stereocenters. The van der Waals surface area contributed by atoms with Crippen LogP contribution < -0.4 is 5.32 Å². The number of carbonyl (C=O) groups excluding carboxylic acids is 2. The highest BCUT2D eigenvalue weighted by Crippen LogP contribution is 2.25. The summed E-state index contributed by atoms with van der Waals surface area (Å²) in [6.07, 6.45) is 1.71. The zero-order chi connectivity index (χ0) is 15.7. The number of benzene rings is 1. The topological polar surface area (TPSA) is 52.7 Å². The summed E-state index contributed by atoms with van der Waals surface area (Å²) in [5, 5.41) is 3.75. The first-order valence-electron chi connectivity index (χ1n) is 7.33. The lowest BCUT2D eigenvalue weighted by Gasteiger charge is -2.35. The maximum absolute atomic E-state index is 11.7. The van der Waals surface area contributed by atoms with Crippen LogP contribution in [-0.2, 0) is 11.2 Å². The van der Waals surface area contributed by atoms with Crippen molar-refractivity contribution in [2.45, 2.75) is 18.9 Å². The van der Waals surface area contributed by atoms with Crippen LogP contribution in [0, 0.1) is 0 Å². The average Bonchev–Trinajstić information content (AvgIpc) is 2.77. The maximum Gasteiger partial charge on any atom is 0.324 e. The van der Waals surface area contributed by atoms with E-state index in [1.807, 2.05) is 18.2 Å². The summed E-state index contributed by atoms with van der Waals surface area (Å²) in [5.74, 6) is -0.191. The van der Waals surface area contributed by atoms with Crippen molar-refractivity contribution >= 4 is 35.1 Å². The van der Waals surface area contributed by atoms with E-state index < -0.39 is 0 Å². The number of nitrogens with one attached hydrogen (secondary N) is 1. The number of carbonyl (C=O) groups is 2. The normalized spacial score (nSPS) is 21.9. The van der Waals surface area contributed by atoms with E-state index in [9.17, 15) is 9.59 Å². The van der Waals surface area contributed by atoms with E-state index in [4.69, 9.17) is 23.2 Å². The lowest BCUT2D eigenvalue weighted by atomic mass is 10.1. The van der Waals surface area contributed by atoms with Crippen molar-refractivity contribution in [2.24, 2.45) is 0 Å². The van der Waals surface area contributed by atoms with Crippen LogP contribution in [0.2, 0.25) is 10.0 Å². The van der Waals surface area contributed by atoms with Crippen LogP contribution in [0.4, 0.5) is 4.79 Å². The van der Waals surface area contributed by atoms with Gasteiger partial charge >= 0.3 is 6.03 Å². The van der Waals surface area contributed by atoms with Gasteiger partial charge in [-0.1, -0.05) is 29.3 Å². The largest absolute Gasteiger partial charge is 0.324 e. The van der Waals surface area contributed by atoms with Gasteiger partial charge in [-0.2, -0.15) is 0 Å². The van der Waals surface area contributed by atoms with Gasteiger partial charge in [-0.05, 0) is 37.1 Å². The van der Waals surface area contributed by atoms with Gasteiger partial charge in [0.05, 0.1) is 0 Å². The molecule has 0 aromatic heterocycles. The Labute approximate surface area is 139 Å². The maximum atomic E-state index is 11.7. The summed E-state index contributed by atoms with van der Waals surface area (Å²) in [5.41, 5.74) is 0.971. The Morgan fingerprint density at radius 1 is 1.18 bits per heavy atom. The van der Waals surface area contributed by atoms with Crippen LogP contribution in [0.5, 0.6) is 0 Å². The molecule has 0 aliphatic carbocycles. The SMILES string of the molecule is O=C1NC(=O)N2CCN(CCCc3c(Cl)cccc3Cl)CC12. The van der Waals surface area contributed by atoms with Crippen LogP contribution >= 0.6 is 23.2 Å². The minimum absolute atomic E-state index is 0.191. The molecule has 2 saturated heterocycles. The predicted octanol–water partition coefficient (Wildman–Crippen LogP) is 2.16. The first kappa shape index (κ1) is 15.6. The molecule has 1 atom stereocenters. The van der Waals surface area contributed by atoms with Crippen molar-refractivity contribution in [1.29, 1.82) is 0 Å². The standard InChI is InChI=1S/C15H17Cl2N3O2/c16-11-4-1-5-12(17)10(11)3-2-6-19-7-8-20-13(9-19)14(21)18-15(20)22/h1,4-5,13H,2-3,6-9H2,(H,18,21,22). The molecule has 0 radical (unpaired) electrons. The lowest BCUT2D eigenvalue weighted by Crippen LogP contribution is -2.53. The number of fused-ring (bicyclic) bond motifs is 1. The van der Waals surface area contributed by atoms with Crippen molar-refractivity contribution < 1.29 is 9.59 Å². The van der Waals surface area contributed by atoms with Crippen LogP contribution in [0.3, 0.4) is 0 Å². The second kappa shape index (κ2) is 6.44. The summed E-state index contributed by atoms with van der Waals surface area (Å²) in [7, 11) is 0. The summed E-state index contributed by atoms with van der Waals surface area (Å²) >= 11 is 12.3. The number of rotatable bonds is 4. The Morgan fingerprint density at radius 3 is 2.64 bits per heavy atom. The Kier molecular flexibility index (Phi) is 4.57. The minimum atomic E-state index is -0.342. The molecule has 3 rings (SSSR count). The summed E-state index contributed by atoms with van der Waals surface area (Å²) in [6.45, 7) is 2.82. The first-order chi connectivity index (χ1) is 10.6. The second-order valence-electron chi connectivity index (χ2n) is 5.61. The number of halogens is 2. The molecular weight excluding hydrogens is 325 g/mol. The predicted molar refractivity (Wildman–Crippen MR) is 85.3 cm³/mol. The van der Waals surface area contributed by atoms with Crippen molar-refractivity contribution in [1.82, 2.24) is 15.1 Å². The van der Waals surface area contributed by atoms with Crippen molar-refractivity contribution in [3.63, 3.8) is 0 Å². The number of nitrogens with zero attached hydrogens (tertiary/aromatic N) is 2. The molecule has 2 aliphatic heterocycles. The molecule has 0 bridgehead atoms. The number of urea groups is 1. The van der Waals surface area contributed by atoms with E-state index >= 15 is 0 Å². The van der Waals surface area contributed by atoms with Gasteiger partial charge in [0.15, 0.2) is 0 Å². The molecule has 2 heterocycles. The van der Waals surface area contributed by atoms with E-state index in [-0.39, 0.29) is 18.0 Å². The Bertz CT molecular complexity index is 588. The molecule has 2 aliphatic rings. The zero-order valence-electron chi connectivity index (χ0n) is 12.0. The summed E-state index contributed by atoms with van der Waals surface area (Å²) in [6, 6.07) is 4.91. The first-order valence-corrected chi connectivity index (χ1v) is 8.08. The average molecular weight is 342 g/mol. The van der Waals surface area contributed by atoms with Gasteiger partial charge in [-0.25, -0.2) is 4.79 Å². The van der Waals surface area contributed by atoms with Crippen molar-refractivity contribution in [3.8, 4) is 0 Å². The minimum Gasteiger partial charge on any atom is -0.310 e. The third-order valence-corrected chi connectivity index (χ3v) is 4.93. The quantitative estimate of drug-likeness (QED) is 0.854. The second-order valence-corrected chi connectivity index (χ2v) is 6.42. The van der Waals surface area contributed by atoms with Crippen molar-refractivity contribution in [2.75, 3.05) is 26.2 Å². The number of hydrogen-bond acceptors (Lipinski definition) is 3. The van der Waals surface area contributed by atoms with Crippen molar-refractivity contribution in [3.05, 3.63) is 33.8 Å². The van der Waals surface area contributed by atoms with E-state index in [1.54, 1.807) is 4.90 Å². The van der Waals surface area contributed by atoms with Gasteiger partial charge in [-0.3, -0.25) is 15.0 Å². The molecule has 5 nitrogen and oxygen atoms in total. The van der Waals surface area contributed by atoms with Gasteiger partial charge in [0.2, 0.25) is 0 Å². The number of imide groups is 1. The molecule has 22 heavy (non-hydrogen) atoms. The molecule has 3 amide bonds. The Balaban J connectivity index is 1.53. The van der Waals surface area contributed by atoms with Gasteiger partial charge in [0.1, 0.15) is 6.04 Å². The molecule has 0 saturated carbocycles. The molecule has 1 aromatic carbocycles. The fraction of sp³-hybridized carbons (Fsp3) is 0.467. The molecular formula is C15H17Cl2N3O2. The third-order valence-electron chi connectivity index (χ3n) is 4.22. The van der Waals surface area contributed by atoms with E-state index in [0.717, 1.165) is 31.5 Å².